The van der Waals surface area contributed by atoms with E-state index < -0.39 is 0 Å². The summed E-state index contributed by atoms with van der Waals surface area (Å²) in [6.45, 7) is 3.24. The molecule has 0 aliphatic heterocycles. The average molecular weight is 409 g/mol. The van der Waals surface area contributed by atoms with E-state index in [-0.39, 0.29) is 12.4 Å². The molecule has 0 bridgehead atoms. The monoisotopic (exact) mass is 408 g/mol. The first-order valence-corrected chi connectivity index (χ1v) is 10.4. The fourth-order valence-electron chi connectivity index (χ4n) is 3.45. The lowest BCUT2D eigenvalue weighted by molar-refractivity contribution is 0.559. The Bertz CT molecular complexity index is 967. The number of aryl methyl sites for hydroxylation is 1. The molecule has 0 saturated carbocycles. The van der Waals surface area contributed by atoms with E-state index in [9.17, 15) is 0 Å². The molecule has 28 heavy (non-hydrogen) atoms. The standard InChI is InChI=1S/C24H24N2S.ClH/c1-18(22-15-14-19-9-4-3-7-13-23(19)22)25-16-8-12-21-17-27-24(26-21)20-10-5-2-6-11-20;/h2-7,9-11,13-15,17-18,25H,8,12,16H2,1H3;1H. The summed E-state index contributed by atoms with van der Waals surface area (Å²) in [7, 11) is 0. The highest BCUT2D eigenvalue weighted by Gasteiger charge is 2.13. The Labute approximate surface area is 177 Å². The van der Waals surface area contributed by atoms with Crippen molar-refractivity contribution in [3.05, 3.63) is 89.4 Å². The summed E-state index contributed by atoms with van der Waals surface area (Å²) in [5.41, 5.74) is 6.42. The Morgan fingerprint density at radius 2 is 1.61 bits per heavy atom. The van der Waals surface area contributed by atoms with Crippen LogP contribution in [0.15, 0.2) is 78.2 Å². The van der Waals surface area contributed by atoms with Crippen LogP contribution in [0.2, 0.25) is 0 Å². The fraction of sp³-hybridized carbons (Fsp3) is 0.208. The number of fused-ring (bicyclic) bond motifs is 1. The van der Waals surface area contributed by atoms with Crippen molar-refractivity contribution in [1.29, 1.82) is 0 Å². The first-order valence-electron chi connectivity index (χ1n) is 9.52. The van der Waals surface area contributed by atoms with Gasteiger partial charge in [-0.3, -0.25) is 0 Å². The van der Waals surface area contributed by atoms with Gasteiger partial charge >= 0.3 is 0 Å². The number of rotatable bonds is 7. The molecule has 0 spiro atoms. The van der Waals surface area contributed by atoms with Crippen molar-refractivity contribution in [2.75, 3.05) is 6.54 Å². The summed E-state index contributed by atoms with van der Waals surface area (Å²) >= 11 is 1.73. The molecule has 0 amide bonds. The molecular formula is C24H25ClN2S. The Kier molecular flexibility index (Phi) is 7.21. The van der Waals surface area contributed by atoms with E-state index in [1.807, 2.05) is 6.07 Å². The molecule has 1 N–H and O–H groups in total. The molecule has 2 aromatic rings. The van der Waals surface area contributed by atoms with E-state index in [2.05, 4.69) is 84.4 Å². The molecule has 1 heterocycles. The fourth-order valence-corrected chi connectivity index (χ4v) is 4.31. The van der Waals surface area contributed by atoms with Gasteiger partial charge in [-0.05, 0) is 43.0 Å². The molecule has 144 valence electrons. The highest BCUT2D eigenvalue weighted by molar-refractivity contribution is 7.13. The predicted molar refractivity (Wildman–Crippen MR) is 123 cm³/mol. The van der Waals surface area contributed by atoms with Gasteiger partial charge in [0, 0.05) is 17.0 Å². The van der Waals surface area contributed by atoms with Crippen molar-refractivity contribution in [2.24, 2.45) is 0 Å². The Morgan fingerprint density at radius 1 is 0.893 bits per heavy atom. The van der Waals surface area contributed by atoms with Crippen LogP contribution in [0.5, 0.6) is 0 Å². The molecule has 1 aromatic heterocycles. The normalized spacial score (nSPS) is 11.9. The van der Waals surface area contributed by atoms with Gasteiger partial charge in [0.1, 0.15) is 5.01 Å². The zero-order chi connectivity index (χ0) is 18.5. The Hall–Kier alpha value is -2.20. The molecule has 2 aliphatic carbocycles. The molecule has 4 heteroatoms. The van der Waals surface area contributed by atoms with Crippen LogP contribution in [0.3, 0.4) is 0 Å². The van der Waals surface area contributed by atoms with Gasteiger partial charge in [-0.25, -0.2) is 4.98 Å². The average Bonchev–Trinajstić information content (AvgIpc) is 3.27. The molecule has 1 unspecified atom stereocenters. The SMILES string of the molecule is CC(NCCCc1csc(-c2ccccc2)n1)c1ccc2cccccc1-2.Cl. The summed E-state index contributed by atoms with van der Waals surface area (Å²) in [4.78, 5) is 4.79. The number of aromatic nitrogens is 1. The highest BCUT2D eigenvalue weighted by Crippen LogP contribution is 2.31. The summed E-state index contributed by atoms with van der Waals surface area (Å²) in [6.07, 6.45) is 2.11. The number of nitrogens with one attached hydrogen (secondary N) is 1. The Morgan fingerprint density at radius 3 is 2.39 bits per heavy atom. The van der Waals surface area contributed by atoms with Gasteiger partial charge in [-0.15, -0.1) is 23.7 Å². The lowest BCUT2D eigenvalue weighted by atomic mass is 10.0. The zero-order valence-corrected chi connectivity index (χ0v) is 17.6. The first-order chi connectivity index (χ1) is 13.3. The third-order valence-corrected chi connectivity index (χ3v) is 5.86. The molecular weight excluding hydrogens is 384 g/mol. The molecule has 4 rings (SSSR count). The van der Waals surface area contributed by atoms with Crippen molar-refractivity contribution in [2.45, 2.75) is 25.8 Å². The minimum Gasteiger partial charge on any atom is -0.310 e. The number of thiazole rings is 1. The van der Waals surface area contributed by atoms with Crippen molar-refractivity contribution in [1.82, 2.24) is 10.3 Å². The van der Waals surface area contributed by atoms with Crippen LogP contribution in [-0.2, 0) is 6.42 Å². The molecule has 1 atom stereocenters. The molecule has 1 aromatic carbocycles. The van der Waals surface area contributed by atoms with E-state index in [1.165, 1.54) is 27.9 Å². The van der Waals surface area contributed by atoms with E-state index in [0.717, 1.165) is 24.4 Å². The van der Waals surface area contributed by atoms with Crippen molar-refractivity contribution >= 4 is 23.7 Å². The predicted octanol–water partition coefficient (Wildman–Crippen LogP) is 6.62. The Balaban J connectivity index is 0.00000225. The van der Waals surface area contributed by atoms with Gasteiger partial charge in [-0.1, -0.05) is 72.8 Å². The van der Waals surface area contributed by atoms with E-state index in [4.69, 9.17) is 4.98 Å². The van der Waals surface area contributed by atoms with Gasteiger partial charge in [-0.2, -0.15) is 0 Å². The second-order valence-electron chi connectivity index (χ2n) is 6.86. The third kappa shape index (κ3) is 4.79. The molecule has 0 saturated heterocycles. The van der Waals surface area contributed by atoms with Crippen LogP contribution < -0.4 is 5.32 Å². The number of hydrogen-bond donors (Lipinski definition) is 1. The maximum absolute atomic E-state index is 4.79. The van der Waals surface area contributed by atoms with Crippen LogP contribution >= 0.6 is 23.7 Å². The second-order valence-corrected chi connectivity index (χ2v) is 7.72. The lowest BCUT2D eigenvalue weighted by Gasteiger charge is -2.14. The quantitative estimate of drug-likeness (QED) is 0.347. The topological polar surface area (TPSA) is 24.9 Å². The highest BCUT2D eigenvalue weighted by atomic mass is 35.5. The van der Waals surface area contributed by atoms with Crippen molar-refractivity contribution in [3.63, 3.8) is 0 Å². The van der Waals surface area contributed by atoms with Gasteiger partial charge in [0.15, 0.2) is 0 Å². The van der Waals surface area contributed by atoms with Crippen molar-refractivity contribution in [3.8, 4) is 21.7 Å². The van der Waals surface area contributed by atoms with E-state index in [1.54, 1.807) is 11.3 Å². The number of nitrogens with zero attached hydrogens (tertiary/aromatic N) is 1. The van der Waals surface area contributed by atoms with Crippen LogP contribution in [0.1, 0.15) is 30.6 Å². The number of benzene rings is 1. The van der Waals surface area contributed by atoms with Crippen LogP contribution in [0.4, 0.5) is 0 Å². The molecule has 0 radical (unpaired) electrons. The van der Waals surface area contributed by atoms with Gasteiger partial charge in [0.25, 0.3) is 0 Å². The summed E-state index contributed by atoms with van der Waals surface area (Å²) in [6, 6.07) is 25.9. The summed E-state index contributed by atoms with van der Waals surface area (Å²) in [5, 5.41) is 6.98. The van der Waals surface area contributed by atoms with Gasteiger partial charge < -0.3 is 5.32 Å². The van der Waals surface area contributed by atoms with Crippen LogP contribution in [0.25, 0.3) is 21.7 Å². The van der Waals surface area contributed by atoms with E-state index in [0.29, 0.717) is 6.04 Å². The van der Waals surface area contributed by atoms with E-state index >= 15 is 0 Å². The van der Waals surface area contributed by atoms with Crippen LogP contribution in [-0.4, -0.2) is 11.5 Å². The number of halogens is 1. The first kappa shape index (κ1) is 20.5. The molecule has 2 aliphatic rings. The van der Waals surface area contributed by atoms with Crippen molar-refractivity contribution < 1.29 is 0 Å². The number of hydrogen-bond acceptors (Lipinski definition) is 3. The summed E-state index contributed by atoms with van der Waals surface area (Å²) < 4.78 is 0. The minimum absolute atomic E-state index is 0. The largest absolute Gasteiger partial charge is 0.310 e. The minimum atomic E-state index is 0. The maximum atomic E-state index is 4.79. The maximum Gasteiger partial charge on any atom is 0.123 e. The zero-order valence-electron chi connectivity index (χ0n) is 16.0. The second kappa shape index (κ2) is 9.83. The van der Waals surface area contributed by atoms with Crippen LogP contribution in [0, 0.1) is 0 Å². The van der Waals surface area contributed by atoms with Gasteiger partial charge in [0.2, 0.25) is 0 Å². The van der Waals surface area contributed by atoms with Gasteiger partial charge in [0.05, 0.1) is 5.69 Å². The lowest BCUT2D eigenvalue weighted by Crippen LogP contribution is -2.20. The third-order valence-electron chi connectivity index (χ3n) is 4.92. The smallest absolute Gasteiger partial charge is 0.123 e. The molecule has 0 fully saturated rings. The molecule has 2 nitrogen and oxygen atoms in total. The summed E-state index contributed by atoms with van der Waals surface area (Å²) in [5.74, 6) is 0.